The molecule has 0 aliphatic heterocycles. The molecule has 0 heterocycles. The summed E-state index contributed by atoms with van der Waals surface area (Å²) >= 11 is 4.41. The lowest BCUT2D eigenvalue weighted by Gasteiger charge is -2.09. The van der Waals surface area contributed by atoms with Crippen LogP contribution in [0, 0.1) is 11.6 Å². The quantitative estimate of drug-likeness (QED) is 0.670. The van der Waals surface area contributed by atoms with E-state index in [-0.39, 0.29) is 5.11 Å². The number of aromatic carboxylic acids is 1. The molecule has 0 bridgehead atoms. The van der Waals surface area contributed by atoms with Gasteiger partial charge in [0.05, 0.1) is 5.69 Å². The predicted octanol–water partition coefficient (Wildman–Crippen LogP) is 1.32. The lowest BCUT2D eigenvalue weighted by molar-refractivity contribution is 0.0692. The van der Waals surface area contributed by atoms with Gasteiger partial charge in [0.2, 0.25) is 0 Å². The van der Waals surface area contributed by atoms with Gasteiger partial charge in [-0.2, -0.15) is 0 Å². The Morgan fingerprint density at radius 3 is 2.40 bits per heavy atom. The van der Waals surface area contributed by atoms with Crippen molar-refractivity contribution < 1.29 is 18.7 Å². The average molecular weight is 232 g/mol. The largest absolute Gasteiger partial charge is 0.478 e. The first kappa shape index (κ1) is 11.3. The van der Waals surface area contributed by atoms with Crippen LogP contribution in [0.15, 0.2) is 12.1 Å². The van der Waals surface area contributed by atoms with E-state index in [0.29, 0.717) is 6.07 Å². The molecule has 1 aromatic carbocycles. The summed E-state index contributed by atoms with van der Waals surface area (Å²) in [7, 11) is 0. The summed E-state index contributed by atoms with van der Waals surface area (Å²) in [5.74, 6) is -3.62. The summed E-state index contributed by atoms with van der Waals surface area (Å²) in [6.07, 6.45) is 0. The Morgan fingerprint density at radius 1 is 1.40 bits per heavy atom. The molecule has 0 spiro atoms. The maximum atomic E-state index is 13.1. The zero-order valence-corrected chi connectivity index (χ0v) is 8.07. The van der Waals surface area contributed by atoms with Gasteiger partial charge in [0.25, 0.3) is 0 Å². The van der Waals surface area contributed by atoms with Crippen molar-refractivity contribution in [2.24, 2.45) is 5.73 Å². The maximum Gasteiger partial charge on any atom is 0.340 e. The smallest absolute Gasteiger partial charge is 0.340 e. The van der Waals surface area contributed by atoms with Gasteiger partial charge in [-0.3, -0.25) is 0 Å². The van der Waals surface area contributed by atoms with Crippen molar-refractivity contribution in [2.45, 2.75) is 0 Å². The fraction of sp³-hybridized carbons (Fsp3) is 0. The summed E-state index contributed by atoms with van der Waals surface area (Å²) in [5, 5.41) is 10.4. The van der Waals surface area contributed by atoms with Crippen molar-refractivity contribution in [3.05, 3.63) is 29.3 Å². The SMILES string of the molecule is NC(=S)Nc1c(F)ccc(F)c1C(=O)O. The highest BCUT2D eigenvalue weighted by molar-refractivity contribution is 7.80. The number of hydrogen-bond acceptors (Lipinski definition) is 2. The monoisotopic (exact) mass is 232 g/mol. The number of benzene rings is 1. The van der Waals surface area contributed by atoms with Crippen LogP contribution in [-0.4, -0.2) is 16.2 Å². The standard InChI is InChI=1S/C8H6F2N2O2S/c9-3-1-2-4(10)6(12-8(11)15)5(3)7(13)14/h1-2H,(H,13,14)(H3,11,12,15). The van der Waals surface area contributed by atoms with Gasteiger partial charge in [-0.1, -0.05) is 0 Å². The van der Waals surface area contributed by atoms with Crippen molar-refractivity contribution in [2.75, 3.05) is 5.32 Å². The minimum atomic E-state index is -1.61. The Bertz CT molecular complexity index is 437. The van der Waals surface area contributed by atoms with E-state index < -0.39 is 28.9 Å². The Morgan fingerprint density at radius 2 is 1.93 bits per heavy atom. The molecule has 0 aliphatic carbocycles. The third-order valence-electron chi connectivity index (χ3n) is 1.57. The normalized spacial score (nSPS) is 9.73. The molecule has 4 nitrogen and oxygen atoms in total. The molecule has 0 saturated carbocycles. The molecule has 0 fully saturated rings. The third-order valence-corrected chi connectivity index (χ3v) is 1.67. The van der Waals surface area contributed by atoms with E-state index in [0.717, 1.165) is 6.07 Å². The van der Waals surface area contributed by atoms with Gasteiger partial charge >= 0.3 is 5.97 Å². The molecule has 0 amide bonds. The Kier molecular flexibility index (Phi) is 3.15. The Labute approximate surface area is 88.7 Å². The van der Waals surface area contributed by atoms with Crippen LogP contribution in [0.1, 0.15) is 10.4 Å². The maximum absolute atomic E-state index is 13.1. The highest BCUT2D eigenvalue weighted by atomic mass is 32.1. The first-order valence-corrected chi connectivity index (χ1v) is 4.12. The minimum Gasteiger partial charge on any atom is -0.478 e. The molecule has 0 atom stereocenters. The summed E-state index contributed by atoms with van der Waals surface area (Å²) in [6, 6.07) is 1.49. The second-order valence-electron chi connectivity index (χ2n) is 2.57. The molecule has 15 heavy (non-hydrogen) atoms. The van der Waals surface area contributed by atoms with Crippen LogP contribution in [0.5, 0.6) is 0 Å². The number of halogens is 2. The van der Waals surface area contributed by atoms with Crippen LogP contribution in [0.2, 0.25) is 0 Å². The lowest BCUT2D eigenvalue weighted by Crippen LogP contribution is -2.22. The Hall–Kier alpha value is -1.76. The van der Waals surface area contributed by atoms with E-state index in [1.54, 1.807) is 0 Å². The summed E-state index contributed by atoms with van der Waals surface area (Å²) in [5.41, 5.74) is 3.65. The molecule has 4 N–H and O–H groups in total. The summed E-state index contributed by atoms with van der Waals surface area (Å²) in [6.45, 7) is 0. The molecule has 0 aromatic heterocycles. The lowest BCUT2D eigenvalue weighted by atomic mass is 10.1. The predicted molar refractivity (Wildman–Crippen MR) is 53.7 cm³/mol. The summed E-state index contributed by atoms with van der Waals surface area (Å²) < 4.78 is 26.2. The molecule has 0 aliphatic rings. The van der Waals surface area contributed by atoms with E-state index in [1.807, 2.05) is 0 Å². The van der Waals surface area contributed by atoms with Crippen molar-refractivity contribution in [3.8, 4) is 0 Å². The molecular weight excluding hydrogens is 226 g/mol. The van der Waals surface area contributed by atoms with E-state index >= 15 is 0 Å². The molecular formula is C8H6F2N2O2S. The average Bonchev–Trinajstić information content (AvgIpc) is 2.10. The van der Waals surface area contributed by atoms with Gasteiger partial charge in [0.1, 0.15) is 17.2 Å². The molecule has 7 heteroatoms. The van der Waals surface area contributed by atoms with Crippen molar-refractivity contribution in [1.29, 1.82) is 0 Å². The van der Waals surface area contributed by atoms with Crippen molar-refractivity contribution in [1.82, 2.24) is 0 Å². The van der Waals surface area contributed by atoms with E-state index in [4.69, 9.17) is 10.8 Å². The highest BCUT2D eigenvalue weighted by Gasteiger charge is 2.20. The molecule has 1 rings (SSSR count). The molecule has 0 unspecified atom stereocenters. The zero-order chi connectivity index (χ0) is 11.6. The number of carboxylic acids is 1. The van der Waals surface area contributed by atoms with Crippen LogP contribution in [0.4, 0.5) is 14.5 Å². The number of hydrogen-bond donors (Lipinski definition) is 3. The third kappa shape index (κ3) is 2.38. The number of anilines is 1. The highest BCUT2D eigenvalue weighted by Crippen LogP contribution is 2.22. The fourth-order valence-electron chi connectivity index (χ4n) is 1.01. The van der Waals surface area contributed by atoms with Crippen LogP contribution in [-0.2, 0) is 0 Å². The second kappa shape index (κ2) is 4.18. The van der Waals surface area contributed by atoms with Crippen molar-refractivity contribution >= 4 is 29.0 Å². The fourth-order valence-corrected chi connectivity index (χ4v) is 1.11. The van der Waals surface area contributed by atoms with Crippen LogP contribution < -0.4 is 11.1 Å². The first-order valence-electron chi connectivity index (χ1n) is 3.71. The van der Waals surface area contributed by atoms with E-state index in [1.165, 1.54) is 0 Å². The van der Waals surface area contributed by atoms with Gasteiger partial charge in [-0.25, -0.2) is 13.6 Å². The minimum absolute atomic E-state index is 0.345. The zero-order valence-electron chi connectivity index (χ0n) is 7.25. The summed E-state index contributed by atoms with van der Waals surface area (Å²) in [4.78, 5) is 10.6. The molecule has 0 saturated heterocycles. The van der Waals surface area contributed by atoms with Crippen molar-refractivity contribution in [3.63, 3.8) is 0 Å². The van der Waals surface area contributed by atoms with Gasteiger partial charge in [-0.15, -0.1) is 0 Å². The van der Waals surface area contributed by atoms with Crippen LogP contribution in [0.25, 0.3) is 0 Å². The number of carboxylic acid groups (broad SMARTS) is 1. The van der Waals surface area contributed by atoms with E-state index in [2.05, 4.69) is 17.5 Å². The van der Waals surface area contributed by atoms with Crippen LogP contribution >= 0.6 is 12.2 Å². The van der Waals surface area contributed by atoms with Gasteiger partial charge in [0, 0.05) is 0 Å². The molecule has 80 valence electrons. The molecule has 0 radical (unpaired) electrons. The van der Waals surface area contributed by atoms with Gasteiger partial charge < -0.3 is 16.2 Å². The Balaban J connectivity index is 3.38. The number of nitrogens with one attached hydrogen (secondary N) is 1. The first-order chi connectivity index (χ1) is 6.93. The number of carbonyl (C=O) groups is 1. The topological polar surface area (TPSA) is 75.3 Å². The van der Waals surface area contributed by atoms with Gasteiger partial charge in [-0.05, 0) is 24.4 Å². The number of thiocarbonyl (C=S) groups is 1. The molecule has 1 aromatic rings. The van der Waals surface area contributed by atoms with Gasteiger partial charge in [0.15, 0.2) is 5.11 Å². The second-order valence-corrected chi connectivity index (χ2v) is 3.01. The van der Waals surface area contributed by atoms with Crippen LogP contribution in [0.3, 0.4) is 0 Å². The number of rotatable bonds is 2. The van der Waals surface area contributed by atoms with E-state index in [9.17, 15) is 13.6 Å². The number of nitrogens with two attached hydrogens (primary N) is 1.